The van der Waals surface area contributed by atoms with Gasteiger partial charge in [0.25, 0.3) is 5.91 Å². The molecule has 0 radical (unpaired) electrons. The van der Waals surface area contributed by atoms with Gasteiger partial charge in [0, 0.05) is 43.8 Å². The number of hydrogen-bond donors (Lipinski definition) is 1. The molecule has 0 unspecified atom stereocenters. The molecule has 7 nitrogen and oxygen atoms in total. The Bertz CT molecular complexity index is 834. The summed E-state index contributed by atoms with van der Waals surface area (Å²) in [5.41, 5.74) is 1.19. The van der Waals surface area contributed by atoms with Crippen molar-refractivity contribution in [1.82, 2.24) is 10.2 Å². The SMILES string of the molecule is COc1ccc(N2CCC(NC(=O)C3CCN(C(=O)c4ccco4)CC3)CC2)cc1. The molecule has 0 aliphatic carbocycles. The number of ether oxygens (including phenoxy) is 1. The number of rotatable bonds is 5. The summed E-state index contributed by atoms with van der Waals surface area (Å²) in [5.74, 6) is 1.23. The summed E-state index contributed by atoms with van der Waals surface area (Å²) in [6, 6.07) is 11.7. The molecule has 0 atom stereocenters. The van der Waals surface area contributed by atoms with Crippen molar-refractivity contribution in [2.24, 2.45) is 5.92 Å². The quantitative estimate of drug-likeness (QED) is 0.819. The van der Waals surface area contributed by atoms with Crippen LogP contribution in [0.4, 0.5) is 5.69 Å². The van der Waals surface area contributed by atoms with E-state index in [1.54, 1.807) is 24.1 Å². The van der Waals surface area contributed by atoms with Crippen molar-refractivity contribution < 1.29 is 18.7 Å². The normalized spacial score (nSPS) is 18.3. The molecule has 1 aromatic heterocycles. The molecule has 4 rings (SSSR count). The maximum Gasteiger partial charge on any atom is 0.289 e. The van der Waals surface area contributed by atoms with Crippen LogP contribution in [0.5, 0.6) is 5.75 Å². The van der Waals surface area contributed by atoms with E-state index in [1.165, 1.54) is 12.0 Å². The monoisotopic (exact) mass is 411 g/mol. The van der Waals surface area contributed by atoms with Crippen molar-refractivity contribution in [3.05, 3.63) is 48.4 Å². The topological polar surface area (TPSA) is 75.0 Å². The maximum atomic E-state index is 12.7. The first-order valence-electron chi connectivity index (χ1n) is 10.7. The molecule has 160 valence electrons. The second-order valence-corrected chi connectivity index (χ2v) is 8.01. The summed E-state index contributed by atoms with van der Waals surface area (Å²) >= 11 is 0. The molecule has 2 aliphatic rings. The fraction of sp³-hybridized carbons (Fsp3) is 0.478. The van der Waals surface area contributed by atoms with Crippen LogP contribution < -0.4 is 15.0 Å². The van der Waals surface area contributed by atoms with E-state index in [1.807, 2.05) is 12.1 Å². The first kappa shape index (κ1) is 20.3. The average Bonchev–Trinajstić information content (AvgIpc) is 3.34. The molecule has 2 amide bonds. The van der Waals surface area contributed by atoms with Crippen LogP contribution in [0.25, 0.3) is 0 Å². The third kappa shape index (κ3) is 4.61. The molecule has 2 aliphatic heterocycles. The first-order chi connectivity index (χ1) is 14.6. The predicted molar refractivity (Wildman–Crippen MR) is 114 cm³/mol. The fourth-order valence-corrected chi connectivity index (χ4v) is 4.29. The molecule has 0 spiro atoms. The highest BCUT2D eigenvalue weighted by molar-refractivity contribution is 5.91. The largest absolute Gasteiger partial charge is 0.497 e. The number of nitrogens with zero attached hydrogens (tertiary/aromatic N) is 2. The Balaban J connectivity index is 1.21. The number of likely N-dealkylation sites (tertiary alicyclic amines) is 1. The number of amides is 2. The van der Waals surface area contributed by atoms with Crippen molar-refractivity contribution in [1.29, 1.82) is 0 Å². The van der Waals surface area contributed by atoms with E-state index in [4.69, 9.17) is 9.15 Å². The van der Waals surface area contributed by atoms with Crippen LogP contribution in [-0.4, -0.2) is 56.0 Å². The number of benzene rings is 1. The second-order valence-electron chi connectivity index (χ2n) is 8.01. The van der Waals surface area contributed by atoms with E-state index in [0.29, 0.717) is 31.7 Å². The van der Waals surface area contributed by atoms with Gasteiger partial charge in [0.15, 0.2) is 5.76 Å². The number of piperidine rings is 2. The molecular weight excluding hydrogens is 382 g/mol. The van der Waals surface area contributed by atoms with Crippen LogP contribution >= 0.6 is 0 Å². The van der Waals surface area contributed by atoms with Gasteiger partial charge >= 0.3 is 0 Å². The minimum absolute atomic E-state index is 0.0229. The zero-order chi connectivity index (χ0) is 20.9. The molecule has 2 fully saturated rings. The molecule has 0 saturated carbocycles. The van der Waals surface area contributed by atoms with Crippen LogP contribution in [0.2, 0.25) is 0 Å². The van der Waals surface area contributed by atoms with E-state index in [0.717, 1.165) is 31.7 Å². The summed E-state index contributed by atoms with van der Waals surface area (Å²) in [4.78, 5) is 29.2. The second kappa shape index (κ2) is 9.24. The third-order valence-electron chi connectivity index (χ3n) is 6.16. The van der Waals surface area contributed by atoms with Crippen LogP contribution in [-0.2, 0) is 4.79 Å². The van der Waals surface area contributed by atoms with Crippen molar-refractivity contribution in [3.63, 3.8) is 0 Å². The Kier molecular flexibility index (Phi) is 6.26. The summed E-state index contributed by atoms with van der Waals surface area (Å²) in [5, 5.41) is 3.24. The Hall–Kier alpha value is -2.96. The maximum absolute atomic E-state index is 12.7. The highest BCUT2D eigenvalue weighted by atomic mass is 16.5. The van der Waals surface area contributed by atoms with Crippen molar-refractivity contribution in [3.8, 4) is 5.75 Å². The van der Waals surface area contributed by atoms with E-state index < -0.39 is 0 Å². The van der Waals surface area contributed by atoms with Gasteiger partial charge in [0.2, 0.25) is 5.91 Å². The van der Waals surface area contributed by atoms with Gasteiger partial charge < -0.3 is 24.3 Å². The van der Waals surface area contributed by atoms with Crippen LogP contribution in [0, 0.1) is 5.92 Å². The lowest BCUT2D eigenvalue weighted by molar-refractivity contribution is -0.127. The standard InChI is InChI=1S/C23H29N3O4/c1-29-20-6-4-19(5-7-20)25-14-10-18(11-15-25)24-22(27)17-8-12-26(13-9-17)23(28)21-3-2-16-30-21/h2-7,16-18H,8-15H2,1H3,(H,24,27). The number of anilines is 1. The van der Waals surface area contributed by atoms with Gasteiger partial charge in [-0.05, 0) is 62.1 Å². The molecule has 1 aromatic carbocycles. The van der Waals surface area contributed by atoms with Crippen LogP contribution in [0.1, 0.15) is 36.2 Å². The lowest BCUT2D eigenvalue weighted by Crippen LogP contribution is -2.48. The lowest BCUT2D eigenvalue weighted by atomic mass is 9.94. The number of furan rings is 1. The van der Waals surface area contributed by atoms with E-state index in [9.17, 15) is 9.59 Å². The number of carbonyl (C=O) groups is 2. The summed E-state index contributed by atoms with van der Waals surface area (Å²) in [7, 11) is 1.67. The van der Waals surface area contributed by atoms with Crippen molar-refractivity contribution in [2.45, 2.75) is 31.7 Å². The van der Waals surface area contributed by atoms with E-state index in [2.05, 4.69) is 22.3 Å². The zero-order valence-corrected chi connectivity index (χ0v) is 17.4. The Labute approximate surface area is 177 Å². The van der Waals surface area contributed by atoms with E-state index in [-0.39, 0.29) is 23.8 Å². The minimum Gasteiger partial charge on any atom is -0.497 e. The average molecular weight is 412 g/mol. The molecule has 3 heterocycles. The molecule has 7 heteroatoms. The van der Waals surface area contributed by atoms with Crippen molar-refractivity contribution >= 4 is 17.5 Å². The summed E-state index contributed by atoms with van der Waals surface area (Å²) < 4.78 is 10.4. The molecule has 1 N–H and O–H groups in total. The van der Waals surface area contributed by atoms with Gasteiger partial charge in [-0.3, -0.25) is 9.59 Å². The number of hydrogen-bond acceptors (Lipinski definition) is 5. The number of carbonyl (C=O) groups excluding carboxylic acids is 2. The summed E-state index contributed by atoms with van der Waals surface area (Å²) in [6.45, 7) is 3.03. The van der Waals surface area contributed by atoms with Gasteiger partial charge in [-0.2, -0.15) is 0 Å². The Morgan fingerprint density at radius 2 is 1.70 bits per heavy atom. The lowest BCUT2D eigenvalue weighted by Gasteiger charge is -2.36. The third-order valence-corrected chi connectivity index (χ3v) is 6.16. The van der Waals surface area contributed by atoms with Gasteiger partial charge in [-0.25, -0.2) is 0 Å². The van der Waals surface area contributed by atoms with E-state index >= 15 is 0 Å². The molecule has 2 aromatic rings. The Morgan fingerprint density at radius 1 is 1.00 bits per heavy atom. The van der Waals surface area contributed by atoms with Gasteiger partial charge in [0.1, 0.15) is 5.75 Å². The molecule has 30 heavy (non-hydrogen) atoms. The smallest absolute Gasteiger partial charge is 0.289 e. The predicted octanol–water partition coefficient (Wildman–Crippen LogP) is 2.93. The highest BCUT2D eigenvalue weighted by Gasteiger charge is 2.30. The summed E-state index contributed by atoms with van der Waals surface area (Å²) in [6.07, 6.45) is 4.78. The minimum atomic E-state index is -0.0928. The van der Waals surface area contributed by atoms with Crippen LogP contribution in [0.15, 0.2) is 47.1 Å². The molecule has 0 bridgehead atoms. The first-order valence-corrected chi connectivity index (χ1v) is 10.7. The number of methoxy groups -OCH3 is 1. The Morgan fingerprint density at radius 3 is 2.30 bits per heavy atom. The zero-order valence-electron chi connectivity index (χ0n) is 17.4. The van der Waals surface area contributed by atoms with Gasteiger partial charge in [-0.15, -0.1) is 0 Å². The van der Waals surface area contributed by atoms with Crippen LogP contribution in [0.3, 0.4) is 0 Å². The fourth-order valence-electron chi connectivity index (χ4n) is 4.29. The highest BCUT2D eigenvalue weighted by Crippen LogP contribution is 2.24. The van der Waals surface area contributed by atoms with Crippen molar-refractivity contribution in [2.75, 3.05) is 38.2 Å². The van der Waals surface area contributed by atoms with Gasteiger partial charge in [0.05, 0.1) is 13.4 Å². The molecule has 2 saturated heterocycles. The number of nitrogens with one attached hydrogen (secondary N) is 1. The molecular formula is C23H29N3O4. The van der Waals surface area contributed by atoms with Gasteiger partial charge in [-0.1, -0.05) is 0 Å².